The van der Waals surface area contributed by atoms with Crippen LogP contribution in [0.2, 0.25) is 0 Å². The monoisotopic (exact) mass is 256 g/mol. The molecule has 0 bridgehead atoms. The van der Waals surface area contributed by atoms with Gasteiger partial charge in [-0.25, -0.2) is 4.79 Å². The number of hydrogen-bond donors (Lipinski definition) is 2. The van der Waals surface area contributed by atoms with Crippen molar-refractivity contribution >= 4 is 23.4 Å². The summed E-state index contributed by atoms with van der Waals surface area (Å²) in [6, 6.07) is 4.64. The topological polar surface area (TPSA) is 74.6 Å². The maximum absolute atomic E-state index is 11.0. The van der Waals surface area contributed by atoms with Crippen LogP contribution in [-0.4, -0.2) is 22.0 Å². The minimum Gasteiger partial charge on any atom is -0.479 e. The molecule has 1 aromatic rings. The molecule has 1 atom stereocenters. The van der Waals surface area contributed by atoms with Gasteiger partial charge < -0.3 is 10.2 Å². The van der Waals surface area contributed by atoms with E-state index in [0.29, 0.717) is 5.56 Å². The number of aliphatic hydroxyl groups excluding tert-OH is 1. The number of aliphatic hydroxyl groups is 1. The largest absolute Gasteiger partial charge is 0.479 e. The van der Waals surface area contributed by atoms with E-state index in [-0.39, 0.29) is 23.6 Å². The first-order valence-electron chi connectivity index (χ1n) is 5.03. The van der Waals surface area contributed by atoms with Crippen molar-refractivity contribution in [2.24, 2.45) is 0 Å². The van der Waals surface area contributed by atoms with Gasteiger partial charge >= 0.3 is 5.97 Å². The van der Waals surface area contributed by atoms with Crippen molar-refractivity contribution < 1.29 is 19.8 Å². The lowest BCUT2D eigenvalue weighted by atomic mass is 9.99. The Kier molecular flexibility index (Phi) is 4.66. The van der Waals surface area contributed by atoms with Gasteiger partial charge in [0.2, 0.25) is 0 Å². The van der Waals surface area contributed by atoms with Gasteiger partial charge in [-0.1, -0.05) is 18.2 Å². The zero-order valence-electron chi connectivity index (χ0n) is 9.31. The van der Waals surface area contributed by atoms with Gasteiger partial charge in [0, 0.05) is 12.3 Å². The van der Waals surface area contributed by atoms with Crippen LogP contribution >= 0.6 is 11.6 Å². The van der Waals surface area contributed by atoms with Crippen LogP contribution in [0.25, 0.3) is 0 Å². The van der Waals surface area contributed by atoms with Crippen molar-refractivity contribution in [2.45, 2.75) is 25.3 Å². The maximum atomic E-state index is 11.0. The average Bonchev–Trinajstić information content (AvgIpc) is 2.27. The molecule has 0 saturated carbocycles. The van der Waals surface area contributed by atoms with Gasteiger partial charge in [-0.2, -0.15) is 0 Å². The molecule has 0 radical (unpaired) electrons. The lowest BCUT2D eigenvalue weighted by molar-refractivity contribution is -0.147. The fourth-order valence-corrected chi connectivity index (χ4v) is 1.77. The van der Waals surface area contributed by atoms with Gasteiger partial charge in [-0.05, 0) is 23.6 Å². The van der Waals surface area contributed by atoms with E-state index in [0.717, 1.165) is 5.56 Å². The van der Waals surface area contributed by atoms with E-state index in [1.165, 1.54) is 19.1 Å². The minimum atomic E-state index is -1.57. The Morgan fingerprint density at radius 2 is 2.00 bits per heavy atom. The SMILES string of the molecule is CC(=O)Cc1ccc(C(O)C(=O)O)cc1CCl. The molecule has 92 valence electrons. The molecule has 0 aromatic heterocycles. The normalized spacial score (nSPS) is 12.2. The number of Topliss-reactive ketones (excluding diaryl/α,β-unsaturated/α-hetero) is 1. The molecule has 0 spiro atoms. The summed E-state index contributed by atoms with van der Waals surface area (Å²) in [5.74, 6) is -1.14. The summed E-state index contributed by atoms with van der Waals surface area (Å²) in [4.78, 5) is 21.6. The van der Waals surface area contributed by atoms with E-state index < -0.39 is 12.1 Å². The standard InChI is InChI=1S/C12H13ClO4/c1-7(14)4-8-2-3-9(5-10(8)6-13)11(15)12(16)17/h2-3,5,11,15H,4,6H2,1H3,(H,16,17). The van der Waals surface area contributed by atoms with Gasteiger partial charge in [0.1, 0.15) is 5.78 Å². The van der Waals surface area contributed by atoms with E-state index in [1.54, 1.807) is 6.07 Å². The predicted molar refractivity (Wildman–Crippen MR) is 63.0 cm³/mol. The molecular weight excluding hydrogens is 244 g/mol. The number of alkyl halides is 1. The van der Waals surface area contributed by atoms with Crippen LogP contribution in [0.1, 0.15) is 29.7 Å². The van der Waals surface area contributed by atoms with Crippen molar-refractivity contribution in [3.8, 4) is 0 Å². The number of benzene rings is 1. The molecular formula is C12H13ClO4. The second kappa shape index (κ2) is 5.80. The number of ketones is 1. The summed E-state index contributed by atoms with van der Waals surface area (Å²) in [7, 11) is 0. The third kappa shape index (κ3) is 3.54. The molecule has 2 N–H and O–H groups in total. The summed E-state index contributed by atoms with van der Waals surface area (Å²) < 4.78 is 0. The van der Waals surface area contributed by atoms with E-state index in [2.05, 4.69) is 0 Å². The first-order chi connectivity index (χ1) is 7.95. The third-order valence-electron chi connectivity index (χ3n) is 2.36. The molecule has 5 heteroatoms. The molecule has 1 unspecified atom stereocenters. The molecule has 0 heterocycles. The van der Waals surface area contributed by atoms with Crippen molar-refractivity contribution in [2.75, 3.05) is 0 Å². The van der Waals surface area contributed by atoms with Gasteiger partial charge in [-0.15, -0.1) is 11.6 Å². The Morgan fingerprint density at radius 1 is 1.35 bits per heavy atom. The van der Waals surface area contributed by atoms with Crippen molar-refractivity contribution in [3.63, 3.8) is 0 Å². The number of carbonyl (C=O) groups excluding carboxylic acids is 1. The quantitative estimate of drug-likeness (QED) is 0.786. The highest BCUT2D eigenvalue weighted by Gasteiger charge is 2.17. The molecule has 17 heavy (non-hydrogen) atoms. The van der Waals surface area contributed by atoms with Crippen molar-refractivity contribution in [1.29, 1.82) is 0 Å². The minimum absolute atomic E-state index is 0.00268. The lowest BCUT2D eigenvalue weighted by Crippen LogP contribution is -2.11. The van der Waals surface area contributed by atoms with Gasteiger partial charge in [0.15, 0.2) is 6.10 Å². The Balaban J connectivity index is 3.07. The van der Waals surface area contributed by atoms with Crippen LogP contribution in [0.3, 0.4) is 0 Å². The Hall–Kier alpha value is -1.39. The number of hydrogen-bond acceptors (Lipinski definition) is 3. The van der Waals surface area contributed by atoms with Gasteiger partial charge in [-0.3, -0.25) is 4.79 Å². The lowest BCUT2D eigenvalue weighted by Gasteiger charge is -2.10. The molecule has 4 nitrogen and oxygen atoms in total. The number of carbonyl (C=O) groups is 2. The summed E-state index contributed by atoms with van der Waals surface area (Å²) in [6.07, 6.45) is -1.31. The van der Waals surface area contributed by atoms with Crippen molar-refractivity contribution in [1.82, 2.24) is 0 Å². The summed E-state index contributed by atoms with van der Waals surface area (Å²) in [6.45, 7) is 1.47. The van der Waals surface area contributed by atoms with Gasteiger partial charge in [0.05, 0.1) is 0 Å². The summed E-state index contributed by atoms with van der Waals surface area (Å²) in [5.41, 5.74) is 1.69. The number of rotatable bonds is 5. The van der Waals surface area contributed by atoms with Crippen LogP contribution < -0.4 is 0 Å². The molecule has 0 aliphatic rings. The maximum Gasteiger partial charge on any atom is 0.337 e. The third-order valence-corrected chi connectivity index (χ3v) is 2.65. The van der Waals surface area contributed by atoms with E-state index in [4.69, 9.17) is 16.7 Å². The van der Waals surface area contributed by atoms with Crippen LogP contribution in [0.4, 0.5) is 0 Å². The smallest absolute Gasteiger partial charge is 0.337 e. The molecule has 1 rings (SSSR count). The second-order valence-corrected chi connectivity index (χ2v) is 4.05. The fraction of sp³-hybridized carbons (Fsp3) is 0.333. The molecule has 0 aliphatic carbocycles. The predicted octanol–water partition coefficient (Wildman–Crippen LogP) is 1.67. The molecule has 1 aromatic carbocycles. The van der Waals surface area contributed by atoms with Crippen molar-refractivity contribution in [3.05, 3.63) is 34.9 Å². The van der Waals surface area contributed by atoms with E-state index in [9.17, 15) is 14.7 Å². The first-order valence-corrected chi connectivity index (χ1v) is 5.57. The van der Waals surface area contributed by atoms with Crippen LogP contribution in [-0.2, 0) is 21.9 Å². The Bertz CT molecular complexity index is 442. The Morgan fingerprint density at radius 3 is 2.47 bits per heavy atom. The number of carboxylic acid groups (broad SMARTS) is 1. The molecule has 0 saturated heterocycles. The van der Waals surface area contributed by atoms with Crippen LogP contribution in [0.5, 0.6) is 0 Å². The highest BCUT2D eigenvalue weighted by atomic mass is 35.5. The Labute approximate surface area is 104 Å². The van der Waals surface area contributed by atoms with Gasteiger partial charge in [0.25, 0.3) is 0 Å². The summed E-state index contributed by atoms with van der Waals surface area (Å²) in [5, 5.41) is 18.1. The number of aliphatic carboxylic acids is 1. The zero-order valence-corrected chi connectivity index (χ0v) is 10.1. The highest BCUT2D eigenvalue weighted by Crippen LogP contribution is 2.20. The average molecular weight is 257 g/mol. The first kappa shape index (κ1) is 13.7. The van der Waals surface area contributed by atoms with Crippen LogP contribution in [0.15, 0.2) is 18.2 Å². The molecule has 0 fully saturated rings. The molecule has 0 amide bonds. The number of halogens is 1. The fourth-order valence-electron chi connectivity index (χ4n) is 1.52. The van der Waals surface area contributed by atoms with E-state index >= 15 is 0 Å². The van der Waals surface area contributed by atoms with Crippen LogP contribution in [0, 0.1) is 0 Å². The molecule has 0 aliphatic heterocycles. The van der Waals surface area contributed by atoms with E-state index in [1.807, 2.05) is 0 Å². The number of carboxylic acids is 1. The summed E-state index contributed by atoms with van der Waals surface area (Å²) >= 11 is 5.73. The second-order valence-electron chi connectivity index (χ2n) is 3.78. The highest BCUT2D eigenvalue weighted by molar-refractivity contribution is 6.17. The zero-order chi connectivity index (χ0) is 13.0.